The molecule has 2 N–H and O–H groups in total. The Morgan fingerprint density at radius 1 is 1.23 bits per heavy atom. The molecule has 1 saturated carbocycles. The van der Waals surface area contributed by atoms with Gasteiger partial charge in [0.15, 0.2) is 11.6 Å². The first-order valence-electron chi connectivity index (χ1n) is 18.0. The second-order valence-corrected chi connectivity index (χ2v) is 16.5. The van der Waals surface area contributed by atoms with Gasteiger partial charge in [0, 0.05) is 47.9 Å². The van der Waals surface area contributed by atoms with Crippen LogP contribution in [0.5, 0.6) is 11.8 Å². The van der Waals surface area contributed by atoms with Gasteiger partial charge in [0.2, 0.25) is 5.91 Å². The monoisotopic (exact) mass is 749 g/mol. The number of benzene rings is 2. The molecule has 15 heteroatoms. The van der Waals surface area contributed by atoms with Crippen LogP contribution in [0.15, 0.2) is 17.5 Å². The van der Waals surface area contributed by atoms with Crippen LogP contribution >= 0.6 is 22.9 Å². The van der Waals surface area contributed by atoms with Crippen molar-refractivity contribution < 1.29 is 27.4 Å². The molecule has 6 atom stereocenters. The summed E-state index contributed by atoms with van der Waals surface area (Å²) in [6, 6.07) is 4.47. The van der Waals surface area contributed by atoms with Gasteiger partial charge in [-0.05, 0) is 62.6 Å². The Balaban J connectivity index is 1.06. The van der Waals surface area contributed by atoms with Crippen molar-refractivity contribution in [3.05, 3.63) is 39.7 Å². The van der Waals surface area contributed by atoms with E-state index in [2.05, 4.69) is 31.5 Å². The van der Waals surface area contributed by atoms with Gasteiger partial charge < -0.3 is 19.7 Å². The standard InChI is InChI=1S/C37H35ClF3N7O3S/c38-27-25(22-4-5-23(40)33-24(22)18(12-42)15-52-33)28(41)30-26-32(27)50-14-21-10-20(43-35(49)31-29(44-31)17-2-3-17)6-9-48(21)34(26)46-36(45-30)51-16-37-7-1-8-47(37)13-19(39)11-37/h4-5,15,17,19-21,29,31,44H,1-3,6-11,13-14,16H2,(H,43,49)/t19-,20?,21?,29?,31-,37+/m1/s1. The van der Waals surface area contributed by atoms with Gasteiger partial charge >= 0.3 is 6.01 Å². The lowest BCUT2D eigenvalue weighted by atomic mass is 9.95. The van der Waals surface area contributed by atoms with Gasteiger partial charge in [-0.3, -0.25) is 15.0 Å². The van der Waals surface area contributed by atoms with Crippen LogP contribution in [0.4, 0.5) is 19.0 Å². The Hall–Kier alpha value is -3.90. The summed E-state index contributed by atoms with van der Waals surface area (Å²) >= 11 is 8.16. The lowest BCUT2D eigenvalue weighted by molar-refractivity contribution is -0.121. The minimum Gasteiger partial charge on any atom is -0.489 e. The Labute approximate surface area is 306 Å². The van der Waals surface area contributed by atoms with Gasteiger partial charge in [-0.15, -0.1) is 11.3 Å². The van der Waals surface area contributed by atoms with E-state index in [0.717, 1.165) is 43.6 Å². The highest BCUT2D eigenvalue weighted by molar-refractivity contribution is 7.17. The predicted octanol–water partition coefficient (Wildman–Crippen LogP) is 5.87. The summed E-state index contributed by atoms with van der Waals surface area (Å²) in [7, 11) is 0. The summed E-state index contributed by atoms with van der Waals surface area (Å²) in [5.41, 5.74) is -0.196. The smallest absolute Gasteiger partial charge is 0.319 e. The normalized spacial score (nSPS) is 29.4. The molecule has 3 unspecified atom stereocenters. The minimum atomic E-state index is -0.950. The molecule has 10 nitrogen and oxygen atoms in total. The number of carbonyl (C=O) groups excluding carboxylic acids is 1. The zero-order chi connectivity index (χ0) is 35.5. The number of halogens is 4. The number of fused-ring (bicyclic) bond motifs is 4. The fraction of sp³-hybridized carbons (Fsp3) is 0.514. The number of thiophene rings is 1. The molecule has 0 spiro atoms. The maximum Gasteiger partial charge on any atom is 0.319 e. The molecule has 5 fully saturated rings. The maximum atomic E-state index is 17.2. The Morgan fingerprint density at radius 2 is 2.10 bits per heavy atom. The molecule has 4 saturated heterocycles. The fourth-order valence-corrected chi connectivity index (χ4v) is 10.5. The number of carbonyl (C=O) groups is 1. The first-order chi connectivity index (χ1) is 25.2. The van der Waals surface area contributed by atoms with Crippen LogP contribution in [-0.4, -0.2) is 89.5 Å². The summed E-state index contributed by atoms with van der Waals surface area (Å²) in [5, 5.41) is 18.5. The number of nitriles is 1. The molecule has 0 bridgehead atoms. The number of aromatic nitrogens is 2. The van der Waals surface area contributed by atoms with Gasteiger partial charge in [-0.2, -0.15) is 15.2 Å². The number of anilines is 1. The van der Waals surface area contributed by atoms with Crippen molar-refractivity contribution in [1.82, 2.24) is 25.5 Å². The maximum absolute atomic E-state index is 17.2. The Kier molecular flexibility index (Phi) is 7.59. The van der Waals surface area contributed by atoms with Crippen LogP contribution in [0.25, 0.3) is 32.1 Å². The van der Waals surface area contributed by atoms with E-state index in [9.17, 15) is 18.8 Å². The molecule has 7 heterocycles. The molecule has 52 heavy (non-hydrogen) atoms. The largest absolute Gasteiger partial charge is 0.489 e. The van der Waals surface area contributed by atoms with Crippen molar-refractivity contribution in [2.45, 2.75) is 80.8 Å². The van der Waals surface area contributed by atoms with E-state index in [-0.39, 0.29) is 97.8 Å². The van der Waals surface area contributed by atoms with Crippen LogP contribution in [0.2, 0.25) is 5.02 Å². The van der Waals surface area contributed by atoms with Gasteiger partial charge in [-0.1, -0.05) is 17.7 Å². The molecule has 1 amide bonds. The highest BCUT2D eigenvalue weighted by atomic mass is 35.5. The van der Waals surface area contributed by atoms with Crippen LogP contribution in [0.1, 0.15) is 50.5 Å². The number of rotatable bonds is 7. The van der Waals surface area contributed by atoms with E-state index in [1.54, 1.807) is 0 Å². The Morgan fingerprint density at radius 3 is 2.92 bits per heavy atom. The quantitative estimate of drug-likeness (QED) is 0.224. The van der Waals surface area contributed by atoms with E-state index >= 15 is 4.39 Å². The van der Waals surface area contributed by atoms with Crippen molar-refractivity contribution in [2.24, 2.45) is 5.92 Å². The van der Waals surface area contributed by atoms with Crippen molar-refractivity contribution in [3.8, 4) is 29.0 Å². The Bertz CT molecular complexity index is 2210. The summed E-state index contributed by atoms with van der Waals surface area (Å²) in [5.74, 6) is -0.113. The third kappa shape index (κ3) is 5.14. The topological polar surface area (TPSA) is 126 Å². The second-order valence-electron chi connectivity index (χ2n) is 15.2. The average molecular weight is 750 g/mol. The second kappa shape index (κ2) is 12.1. The number of amides is 1. The lowest BCUT2D eigenvalue weighted by Crippen LogP contribution is -2.52. The van der Waals surface area contributed by atoms with E-state index in [1.165, 1.54) is 17.5 Å². The summed E-state index contributed by atoms with van der Waals surface area (Å²) in [4.78, 5) is 26.8. The van der Waals surface area contributed by atoms with Crippen LogP contribution in [0.3, 0.4) is 0 Å². The highest BCUT2D eigenvalue weighted by Gasteiger charge is 2.52. The molecule has 2 aromatic heterocycles. The van der Waals surface area contributed by atoms with E-state index < -0.39 is 23.3 Å². The molecule has 6 aliphatic rings. The molecule has 1 aliphatic carbocycles. The van der Waals surface area contributed by atoms with Gasteiger partial charge in [0.25, 0.3) is 0 Å². The predicted molar refractivity (Wildman–Crippen MR) is 190 cm³/mol. The molecular weight excluding hydrogens is 715 g/mol. The number of piperidine rings is 1. The third-order valence-corrected chi connectivity index (χ3v) is 13.4. The van der Waals surface area contributed by atoms with Gasteiger partial charge in [-0.25, -0.2) is 13.2 Å². The molecular formula is C37H35ClF3N7O3S. The van der Waals surface area contributed by atoms with Crippen LogP contribution in [0, 0.1) is 28.9 Å². The molecule has 0 radical (unpaired) electrons. The van der Waals surface area contributed by atoms with Gasteiger partial charge in [0.1, 0.15) is 48.6 Å². The lowest BCUT2D eigenvalue weighted by Gasteiger charge is -2.39. The molecule has 2 aromatic carbocycles. The molecule has 5 aliphatic heterocycles. The van der Waals surface area contributed by atoms with Crippen molar-refractivity contribution in [2.75, 3.05) is 37.7 Å². The average Bonchev–Trinajstić information content (AvgIpc) is 4.03. The van der Waals surface area contributed by atoms with Crippen molar-refractivity contribution in [1.29, 1.82) is 5.26 Å². The van der Waals surface area contributed by atoms with E-state index in [0.29, 0.717) is 44.1 Å². The summed E-state index contributed by atoms with van der Waals surface area (Å²) in [6.07, 6.45) is 4.63. The summed E-state index contributed by atoms with van der Waals surface area (Å²) < 4.78 is 59.8. The van der Waals surface area contributed by atoms with Crippen LogP contribution in [-0.2, 0) is 4.79 Å². The number of hydrogen-bond acceptors (Lipinski definition) is 10. The number of ether oxygens (including phenoxy) is 2. The van der Waals surface area contributed by atoms with E-state index in [4.69, 9.17) is 26.1 Å². The van der Waals surface area contributed by atoms with Crippen molar-refractivity contribution in [3.63, 3.8) is 0 Å². The van der Waals surface area contributed by atoms with Crippen molar-refractivity contribution >= 4 is 55.7 Å². The van der Waals surface area contributed by atoms with Gasteiger partial charge in [0.05, 0.1) is 32.3 Å². The number of nitrogens with one attached hydrogen (secondary N) is 2. The summed E-state index contributed by atoms with van der Waals surface area (Å²) in [6.45, 7) is 1.96. The molecule has 10 rings (SSSR count). The highest BCUT2D eigenvalue weighted by Crippen LogP contribution is 2.51. The number of alkyl halides is 1. The first kappa shape index (κ1) is 32.7. The van der Waals surface area contributed by atoms with E-state index in [1.807, 2.05) is 0 Å². The fourth-order valence-electron chi connectivity index (χ4n) is 9.28. The number of nitrogens with zero attached hydrogens (tertiary/aromatic N) is 5. The first-order valence-corrected chi connectivity index (χ1v) is 19.3. The van der Waals surface area contributed by atoms with Crippen LogP contribution < -0.4 is 25.0 Å². The zero-order valence-electron chi connectivity index (χ0n) is 28.1. The minimum absolute atomic E-state index is 0.0154. The SMILES string of the molecule is N#Cc1csc2c(F)ccc(-c3c(Cl)c4c5c(nc(OC[C@@]67CCCN6C[C@H](F)C7)nc5c3F)N3CCC(NC(=O)[C@@H]5NC5C5CC5)CC3CO4)c12. The molecule has 270 valence electrons. The number of hydrogen-bond donors (Lipinski definition) is 2. The molecule has 4 aromatic rings. The zero-order valence-corrected chi connectivity index (χ0v) is 29.6. The third-order valence-electron chi connectivity index (χ3n) is 12.0.